The highest BCUT2D eigenvalue weighted by atomic mass is 16.5. The third-order valence-electron chi connectivity index (χ3n) is 4.58. The van der Waals surface area contributed by atoms with E-state index in [1.54, 1.807) is 42.1 Å². The summed E-state index contributed by atoms with van der Waals surface area (Å²) in [6, 6.07) is 15.9. The van der Waals surface area contributed by atoms with Crippen molar-refractivity contribution < 1.29 is 19.4 Å². The molecule has 1 amide bonds. The first kappa shape index (κ1) is 18.3. The summed E-state index contributed by atoms with van der Waals surface area (Å²) in [5.74, 6) is -0.597. The van der Waals surface area contributed by atoms with E-state index in [4.69, 9.17) is 4.74 Å². The second kappa shape index (κ2) is 7.51. The van der Waals surface area contributed by atoms with Crippen molar-refractivity contribution in [1.29, 1.82) is 0 Å². The Hall–Kier alpha value is -4.07. The molecule has 0 spiro atoms. The number of methoxy groups -OCH3 is 1. The third-order valence-corrected chi connectivity index (χ3v) is 4.58. The number of nitrogens with zero attached hydrogens (tertiary/aromatic N) is 2. The molecule has 0 aliphatic carbocycles. The molecule has 2 aromatic carbocycles. The van der Waals surface area contributed by atoms with Crippen LogP contribution in [0.4, 0.5) is 11.5 Å². The van der Waals surface area contributed by atoms with E-state index in [-0.39, 0.29) is 11.3 Å². The molecule has 0 radical (unpaired) electrons. The number of carboxylic acids is 1. The fraction of sp³-hybridized carbons (Fsp3) is 0.0952. The average Bonchev–Trinajstić information content (AvgIpc) is 3.18. The first-order valence-corrected chi connectivity index (χ1v) is 8.87. The van der Waals surface area contributed by atoms with Gasteiger partial charge in [-0.1, -0.05) is 36.4 Å². The topological polar surface area (TPSA) is 105 Å². The van der Waals surface area contributed by atoms with Crippen molar-refractivity contribution in [3.63, 3.8) is 0 Å². The summed E-state index contributed by atoms with van der Waals surface area (Å²) in [4.78, 5) is 24.5. The molecule has 2 heterocycles. The van der Waals surface area contributed by atoms with Crippen LogP contribution < -0.4 is 15.4 Å². The molecule has 4 rings (SSSR count). The Kier molecular flexibility index (Phi) is 4.74. The minimum absolute atomic E-state index is 0.0118. The Balaban J connectivity index is 1.69. The average molecular weight is 390 g/mol. The first-order valence-electron chi connectivity index (χ1n) is 8.87. The van der Waals surface area contributed by atoms with Gasteiger partial charge >= 0.3 is 5.97 Å². The van der Waals surface area contributed by atoms with E-state index in [0.717, 1.165) is 5.56 Å². The van der Waals surface area contributed by atoms with E-state index >= 15 is 0 Å². The monoisotopic (exact) mass is 390 g/mol. The number of ether oxygens (including phenoxy) is 1. The van der Waals surface area contributed by atoms with Crippen LogP contribution in [0.15, 0.2) is 72.6 Å². The summed E-state index contributed by atoms with van der Waals surface area (Å²) < 4.78 is 6.77. The Morgan fingerprint density at radius 1 is 1.17 bits per heavy atom. The van der Waals surface area contributed by atoms with Crippen molar-refractivity contribution in [1.82, 2.24) is 9.78 Å². The van der Waals surface area contributed by atoms with Crippen molar-refractivity contribution in [2.24, 2.45) is 0 Å². The van der Waals surface area contributed by atoms with Crippen LogP contribution in [0, 0.1) is 0 Å². The van der Waals surface area contributed by atoms with Gasteiger partial charge in [0.1, 0.15) is 22.8 Å². The van der Waals surface area contributed by atoms with Gasteiger partial charge < -0.3 is 20.5 Å². The molecule has 1 aliphatic rings. The van der Waals surface area contributed by atoms with Crippen LogP contribution in [-0.4, -0.2) is 33.9 Å². The van der Waals surface area contributed by atoms with Crippen LogP contribution in [0.5, 0.6) is 5.75 Å². The minimum Gasteiger partial charge on any atom is -0.497 e. The second-order valence-electron chi connectivity index (χ2n) is 6.40. The van der Waals surface area contributed by atoms with Crippen LogP contribution >= 0.6 is 0 Å². The van der Waals surface area contributed by atoms with Gasteiger partial charge in [0, 0.05) is 11.8 Å². The lowest BCUT2D eigenvalue weighted by molar-refractivity contribution is -0.132. The summed E-state index contributed by atoms with van der Waals surface area (Å²) in [7, 11) is 1.54. The van der Waals surface area contributed by atoms with Gasteiger partial charge in [0.15, 0.2) is 0 Å². The lowest BCUT2D eigenvalue weighted by atomic mass is 10.0. The number of aliphatic carboxylic acids is 1. The first-order chi connectivity index (χ1) is 14.1. The lowest BCUT2D eigenvalue weighted by Gasteiger charge is -2.24. The van der Waals surface area contributed by atoms with Crippen LogP contribution in [0.3, 0.4) is 0 Å². The number of carbonyl (C=O) groups is 2. The molecule has 8 nitrogen and oxygen atoms in total. The maximum atomic E-state index is 12.9. The summed E-state index contributed by atoms with van der Waals surface area (Å²) in [5, 5.41) is 19.4. The maximum Gasteiger partial charge on any atom is 0.352 e. The molecule has 0 saturated heterocycles. The summed E-state index contributed by atoms with van der Waals surface area (Å²) in [6.07, 6.45) is 2.99. The van der Waals surface area contributed by atoms with Crippen molar-refractivity contribution in [2.75, 3.05) is 17.7 Å². The fourth-order valence-electron chi connectivity index (χ4n) is 3.17. The summed E-state index contributed by atoms with van der Waals surface area (Å²) in [6.45, 7) is 0. The van der Waals surface area contributed by atoms with Gasteiger partial charge in [-0.2, -0.15) is 5.10 Å². The molecule has 0 bridgehead atoms. The minimum atomic E-state index is -1.11. The van der Waals surface area contributed by atoms with Crippen molar-refractivity contribution in [2.45, 2.75) is 6.04 Å². The number of carbonyl (C=O) groups excluding carboxylic acids is 1. The zero-order valence-corrected chi connectivity index (χ0v) is 15.5. The van der Waals surface area contributed by atoms with Crippen LogP contribution in [-0.2, 0) is 4.79 Å². The quantitative estimate of drug-likeness (QED) is 0.618. The number of aromatic nitrogens is 2. The molecule has 0 fully saturated rings. The molecule has 1 unspecified atom stereocenters. The SMILES string of the molecule is COc1cccc(NC(=O)c2cnn3c2NC(C(=O)O)=CC3c2ccccc2)c1. The maximum absolute atomic E-state index is 12.9. The Labute approximate surface area is 166 Å². The number of anilines is 2. The van der Waals surface area contributed by atoms with Crippen molar-refractivity contribution >= 4 is 23.4 Å². The number of allylic oxidation sites excluding steroid dienone is 1. The zero-order valence-electron chi connectivity index (χ0n) is 15.5. The van der Waals surface area contributed by atoms with Gasteiger partial charge in [-0.05, 0) is 23.8 Å². The van der Waals surface area contributed by atoms with Crippen molar-refractivity contribution in [3.8, 4) is 5.75 Å². The van der Waals surface area contributed by atoms with E-state index in [0.29, 0.717) is 17.3 Å². The number of amides is 1. The van der Waals surface area contributed by atoms with E-state index in [2.05, 4.69) is 15.7 Å². The Morgan fingerprint density at radius 3 is 2.69 bits per heavy atom. The lowest BCUT2D eigenvalue weighted by Crippen LogP contribution is -2.25. The molecule has 8 heteroatoms. The zero-order chi connectivity index (χ0) is 20.4. The Morgan fingerprint density at radius 2 is 1.97 bits per heavy atom. The number of hydrogen-bond acceptors (Lipinski definition) is 5. The van der Waals surface area contributed by atoms with Gasteiger partial charge in [0.05, 0.1) is 19.3 Å². The molecule has 29 heavy (non-hydrogen) atoms. The largest absolute Gasteiger partial charge is 0.497 e. The van der Waals surface area contributed by atoms with Gasteiger partial charge in [0.2, 0.25) is 0 Å². The number of carboxylic acid groups (broad SMARTS) is 1. The number of benzene rings is 2. The third kappa shape index (κ3) is 3.55. The van der Waals surface area contributed by atoms with Crippen LogP contribution in [0.25, 0.3) is 0 Å². The van der Waals surface area contributed by atoms with Gasteiger partial charge in [-0.15, -0.1) is 0 Å². The number of rotatable bonds is 5. The summed E-state index contributed by atoms with van der Waals surface area (Å²) >= 11 is 0. The van der Waals surface area contributed by atoms with E-state index in [1.807, 2.05) is 30.3 Å². The predicted molar refractivity (Wildman–Crippen MR) is 107 cm³/mol. The molecule has 1 atom stereocenters. The van der Waals surface area contributed by atoms with E-state index in [9.17, 15) is 14.7 Å². The molecular weight excluding hydrogens is 372 g/mol. The normalized spacial score (nSPS) is 14.9. The molecule has 1 aromatic heterocycles. The second-order valence-corrected chi connectivity index (χ2v) is 6.40. The molecular formula is C21H18N4O4. The van der Waals surface area contributed by atoms with Crippen LogP contribution in [0.1, 0.15) is 22.0 Å². The van der Waals surface area contributed by atoms with Gasteiger partial charge in [-0.25, -0.2) is 9.48 Å². The number of nitrogens with one attached hydrogen (secondary N) is 2. The fourth-order valence-corrected chi connectivity index (χ4v) is 3.17. The highest BCUT2D eigenvalue weighted by Gasteiger charge is 2.29. The molecule has 146 valence electrons. The highest BCUT2D eigenvalue weighted by molar-refractivity contribution is 6.08. The highest BCUT2D eigenvalue weighted by Crippen LogP contribution is 2.32. The van der Waals surface area contributed by atoms with Gasteiger partial charge in [0.25, 0.3) is 5.91 Å². The molecule has 0 saturated carbocycles. The molecule has 3 aromatic rings. The van der Waals surface area contributed by atoms with Gasteiger partial charge in [-0.3, -0.25) is 4.79 Å². The molecule has 3 N–H and O–H groups in total. The standard InChI is InChI=1S/C21H18N4O4/c1-29-15-9-5-8-14(10-15)23-20(26)16-12-22-25-18(13-6-3-2-4-7-13)11-17(21(27)28)24-19(16)25/h2-12,18,24H,1H3,(H,23,26)(H,27,28). The van der Waals surface area contributed by atoms with E-state index in [1.165, 1.54) is 6.20 Å². The predicted octanol–water partition coefficient (Wildman–Crippen LogP) is 3.13. The van der Waals surface area contributed by atoms with E-state index < -0.39 is 17.9 Å². The Bertz CT molecular complexity index is 1100. The smallest absolute Gasteiger partial charge is 0.352 e. The number of fused-ring (bicyclic) bond motifs is 1. The van der Waals surface area contributed by atoms with Crippen molar-refractivity contribution in [3.05, 3.63) is 83.7 Å². The number of hydrogen-bond donors (Lipinski definition) is 3. The molecule has 1 aliphatic heterocycles. The van der Waals surface area contributed by atoms with Crippen LogP contribution in [0.2, 0.25) is 0 Å². The summed E-state index contributed by atoms with van der Waals surface area (Å²) in [5.41, 5.74) is 1.64.